The number of rotatable bonds is 1. The Morgan fingerprint density at radius 2 is 2.11 bits per heavy atom. The highest BCUT2D eigenvalue weighted by molar-refractivity contribution is 7.10. The highest BCUT2D eigenvalue weighted by Gasteiger charge is 2.26. The summed E-state index contributed by atoms with van der Waals surface area (Å²) in [4.78, 5) is 15.7. The Balaban J connectivity index is 2.00. The lowest BCUT2D eigenvalue weighted by atomic mass is 10.1. The molecule has 2 heterocycles. The van der Waals surface area contributed by atoms with Crippen LogP contribution < -0.4 is 9.64 Å². The van der Waals surface area contributed by atoms with E-state index in [0.29, 0.717) is 13.2 Å². The van der Waals surface area contributed by atoms with Gasteiger partial charge in [-0.25, -0.2) is 0 Å². The van der Waals surface area contributed by atoms with Gasteiger partial charge in [-0.05, 0) is 31.5 Å². The number of anilines is 1. The second-order valence-electron chi connectivity index (χ2n) is 4.60. The van der Waals surface area contributed by atoms with Crippen molar-refractivity contribution in [3.63, 3.8) is 0 Å². The minimum Gasteiger partial charge on any atom is -0.490 e. The summed E-state index contributed by atoms with van der Waals surface area (Å²) in [6, 6.07) is 7.69. The zero-order chi connectivity index (χ0) is 13.4. The average molecular weight is 273 g/mol. The number of ether oxygens (including phenoxy) is 1. The molecule has 0 saturated carbocycles. The summed E-state index contributed by atoms with van der Waals surface area (Å²) >= 11 is 1.63. The maximum atomic E-state index is 12.7. The van der Waals surface area contributed by atoms with Crippen LogP contribution in [-0.2, 0) is 0 Å². The first-order valence-electron chi connectivity index (χ1n) is 6.27. The van der Waals surface area contributed by atoms with Crippen LogP contribution in [0.15, 0.2) is 29.6 Å². The van der Waals surface area contributed by atoms with Crippen molar-refractivity contribution in [3.8, 4) is 5.75 Å². The molecule has 0 fully saturated rings. The van der Waals surface area contributed by atoms with Gasteiger partial charge in [-0.2, -0.15) is 0 Å². The number of nitrogens with zero attached hydrogens (tertiary/aromatic N) is 1. The molecule has 0 atom stereocenters. The lowest BCUT2D eigenvalue weighted by Gasteiger charge is -2.29. The van der Waals surface area contributed by atoms with Crippen LogP contribution in [0, 0.1) is 13.8 Å². The molecular weight excluding hydrogens is 258 g/mol. The van der Waals surface area contributed by atoms with Crippen LogP contribution in [-0.4, -0.2) is 19.1 Å². The first-order chi connectivity index (χ1) is 9.18. The van der Waals surface area contributed by atoms with Crippen molar-refractivity contribution in [2.24, 2.45) is 0 Å². The van der Waals surface area contributed by atoms with E-state index in [-0.39, 0.29) is 5.91 Å². The van der Waals surface area contributed by atoms with Gasteiger partial charge < -0.3 is 9.64 Å². The Morgan fingerprint density at radius 1 is 1.32 bits per heavy atom. The van der Waals surface area contributed by atoms with E-state index < -0.39 is 0 Å². The molecule has 1 aromatic carbocycles. The third kappa shape index (κ3) is 2.02. The summed E-state index contributed by atoms with van der Waals surface area (Å²) in [6.07, 6.45) is 0. The Bertz CT molecular complexity index is 633. The molecule has 1 aliphatic rings. The van der Waals surface area contributed by atoms with Crippen molar-refractivity contribution in [2.45, 2.75) is 13.8 Å². The van der Waals surface area contributed by atoms with Gasteiger partial charge in [0.05, 0.1) is 17.8 Å². The van der Waals surface area contributed by atoms with Gasteiger partial charge in [0, 0.05) is 10.3 Å². The molecule has 1 aliphatic heterocycles. The molecule has 98 valence electrons. The standard InChI is InChI=1S/C15H15NO2S/c1-10-11(2)19-9-12(10)15(17)16-7-8-18-14-6-4-3-5-13(14)16/h3-6,9H,7-8H2,1-2H3. The molecule has 1 amide bonds. The van der Waals surface area contributed by atoms with Gasteiger partial charge in [0.1, 0.15) is 12.4 Å². The number of fused-ring (bicyclic) bond motifs is 1. The predicted molar refractivity (Wildman–Crippen MR) is 77.4 cm³/mol. The third-order valence-corrected chi connectivity index (χ3v) is 4.50. The van der Waals surface area contributed by atoms with Crippen LogP contribution in [0.1, 0.15) is 20.8 Å². The summed E-state index contributed by atoms with van der Waals surface area (Å²) in [5.41, 5.74) is 2.75. The number of benzene rings is 1. The zero-order valence-corrected chi connectivity index (χ0v) is 11.8. The van der Waals surface area contributed by atoms with Crippen molar-refractivity contribution in [2.75, 3.05) is 18.1 Å². The van der Waals surface area contributed by atoms with Crippen LogP contribution >= 0.6 is 11.3 Å². The van der Waals surface area contributed by atoms with Gasteiger partial charge in [-0.1, -0.05) is 12.1 Å². The van der Waals surface area contributed by atoms with Gasteiger partial charge in [-0.3, -0.25) is 4.79 Å². The fourth-order valence-electron chi connectivity index (χ4n) is 2.25. The summed E-state index contributed by atoms with van der Waals surface area (Å²) in [7, 11) is 0. The number of hydrogen-bond donors (Lipinski definition) is 0. The molecule has 0 unspecified atom stereocenters. The number of para-hydroxylation sites is 2. The number of thiophene rings is 1. The monoisotopic (exact) mass is 273 g/mol. The molecule has 19 heavy (non-hydrogen) atoms. The van der Waals surface area contributed by atoms with Crippen LogP contribution in [0.2, 0.25) is 0 Å². The fraction of sp³-hybridized carbons (Fsp3) is 0.267. The van der Waals surface area contributed by atoms with E-state index >= 15 is 0 Å². The largest absolute Gasteiger partial charge is 0.490 e. The molecule has 0 N–H and O–H groups in total. The third-order valence-electron chi connectivity index (χ3n) is 3.49. The molecule has 4 heteroatoms. The minimum atomic E-state index is 0.0672. The molecule has 2 aromatic rings. The normalized spacial score (nSPS) is 13.9. The van der Waals surface area contributed by atoms with Crippen LogP contribution in [0.25, 0.3) is 0 Å². The summed E-state index contributed by atoms with van der Waals surface area (Å²) in [6.45, 7) is 5.20. The van der Waals surface area contributed by atoms with Crippen LogP contribution in [0.4, 0.5) is 5.69 Å². The maximum Gasteiger partial charge on any atom is 0.259 e. The van der Waals surface area contributed by atoms with E-state index in [1.54, 1.807) is 11.3 Å². The van der Waals surface area contributed by atoms with Crippen molar-refractivity contribution in [1.82, 2.24) is 0 Å². The molecular formula is C15H15NO2S. The zero-order valence-electron chi connectivity index (χ0n) is 11.0. The van der Waals surface area contributed by atoms with E-state index in [1.165, 1.54) is 4.88 Å². The number of hydrogen-bond acceptors (Lipinski definition) is 3. The number of carbonyl (C=O) groups is 1. The number of amides is 1. The van der Waals surface area contributed by atoms with Gasteiger partial charge in [0.15, 0.2) is 0 Å². The highest BCUT2D eigenvalue weighted by atomic mass is 32.1. The quantitative estimate of drug-likeness (QED) is 0.797. The Labute approximate surface area is 116 Å². The molecule has 0 aliphatic carbocycles. The molecule has 0 radical (unpaired) electrons. The fourth-order valence-corrected chi connectivity index (χ4v) is 3.11. The Hall–Kier alpha value is -1.81. The Morgan fingerprint density at radius 3 is 2.84 bits per heavy atom. The average Bonchev–Trinajstić information content (AvgIpc) is 2.78. The number of carbonyl (C=O) groups excluding carboxylic acids is 1. The first-order valence-corrected chi connectivity index (χ1v) is 7.15. The van der Waals surface area contributed by atoms with Crippen molar-refractivity contribution < 1.29 is 9.53 Å². The van der Waals surface area contributed by atoms with Crippen molar-refractivity contribution in [1.29, 1.82) is 0 Å². The van der Waals surface area contributed by atoms with E-state index in [4.69, 9.17) is 4.74 Å². The Kier molecular flexibility index (Phi) is 3.03. The molecule has 0 spiro atoms. The van der Waals surface area contributed by atoms with E-state index in [2.05, 4.69) is 0 Å². The SMILES string of the molecule is Cc1scc(C(=O)N2CCOc3ccccc32)c1C. The first kappa shape index (κ1) is 12.2. The topological polar surface area (TPSA) is 29.5 Å². The van der Waals surface area contributed by atoms with E-state index in [0.717, 1.165) is 22.6 Å². The smallest absolute Gasteiger partial charge is 0.259 e. The maximum absolute atomic E-state index is 12.7. The van der Waals surface area contributed by atoms with Gasteiger partial charge in [0.2, 0.25) is 0 Å². The highest BCUT2D eigenvalue weighted by Crippen LogP contribution is 2.33. The summed E-state index contributed by atoms with van der Waals surface area (Å²) < 4.78 is 5.58. The molecule has 0 saturated heterocycles. The van der Waals surface area contributed by atoms with Crippen molar-refractivity contribution >= 4 is 22.9 Å². The van der Waals surface area contributed by atoms with Gasteiger partial charge in [-0.15, -0.1) is 11.3 Å². The molecule has 1 aromatic heterocycles. The second-order valence-corrected chi connectivity index (χ2v) is 5.69. The second kappa shape index (κ2) is 4.70. The van der Waals surface area contributed by atoms with Crippen LogP contribution in [0.3, 0.4) is 0 Å². The number of aryl methyl sites for hydroxylation is 1. The van der Waals surface area contributed by atoms with Gasteiger partial charge >= 0.3 is 0 Å². The minimum absolute atomic E-state index is 0.0672. The summed E-state index contributed by atoms with van der Waals surface area (Å²) in [5.74, 6) is 0.851. The molecule has 3 nitrogen and oxygen atoms in total. The van der Waals surface area contributed by atoms with E-state index in [9.17, 15) is 4.79 Å². The van der Waals surface area contributed by atoms with Crippen molar-refractivity contribution in [3.05, 3.63) is 45.6 Å². The lowest BCUT2D eigenvalue weighted by molar-refractivity contribution is 0.0976. The van der Waals surface area contributed by atoms with Crippen LogP contribution in [0.5, 0.6) is 5.75 Å². The summed E-state index contributed by atoms with van der Waals surface area (Å²) in [5, 5.41) is 1.95. The molecule has 0 bridgehead atoms. The lowest BCUT2D eigenvalue weighted by Crippen LogP contribution is -2.38. The predicted octanol–water partition coefficient (Wildman–Crippen LogP) is 3.40. The molecule has 3 rings (SSSR count). The van der Waals surface area contributed by atoms with E-state index in [1.807, 2.05) is 48.4 Å². The van der Waals surface area contributed by atoms with Gasteiger partial charge in [0.25, 0.3) is 5.91 Å².